The summed E-state index contributed by atoms with van der Waals surface area (Å²) in [6.07, 6.45) is 0.990. The van der Waals surface area contributed by atoms with Gasteiger partial charge in [0.25, 0.3) is 0 Å². The van der Waals surface area contributed by atoms with Crippen molar-refractivity contribution in [3.05, 3.63) is 11.0 Å². The van der Waals surface area contributed by atoms with Crippen LogP contribution in [0, 0.1) is 6.92 Å². The van der Waals surface area contributed by atoms with E-state index in [9.17, 15) is 0 Å². The average molecular weight is 243 g/mol. The Morgan fingerprint density at radius 3 is 2.44 bits per heavy atom. The van der Waals surface area contributed by atoms with E-state index in [1.807, 2.05) is 18.9 Å². The van der Waals surface area contributed by atoms with Crippen molar-refractivity contribution >= 4 is 23.1 Å². The molecule has 0 atom stereocenters. The van der Waals surface area contributed by atoms with Gasteiger partial charge in [-0.05, 0) is 38.8 Å². The zero-order valence-electron chi connectivity index (χ0n) is 10.5. The Bertz CT molecular complexity index is 390. The Morgan fingerprint density at radius 1 is 1.38 bits per heavy atom. The van der Waals surface area contributed by atoms with E-state index in [2.05, 4.69) is 30.7 Å². The Hall–Kier alpha value is -1.03. The van der Waals surface area contributed by atoms with Crippen molar-refractivity contribution in [2.24, 2.45) is 0 Å². The van der Waals surface area contributed by atoms with E-state index in [1.165, 1.54) is 0 Å². The van der Waals surface area contributed by atoms with Gasteiger partial charge >= 0.3 is 0 Å². The highest BCUT2D eigenvalue weighted by Gasteiger charge is 2.25. The summed E-state index contributed by atoms with van der Waals surface area (Å²) in [6, 6.07) is 0. The number of nitrogens with two attached hydrogens (primary N) is 1. The first kappa shape index (κ1) is 13.0. The highest BCUT2D eigenvalue weighted by atomic mass is 35.5. The maximum absolute atomic E-state index is 5.98. The lowest BCUT2D eigenvalue weighted by atomic mass is 10.00. The molecule has 0 aromatic carbocycles. The molecule has 2 N–H and O–H groups in total. The zero-order chi connectivity index (χ0) is 12.5. The maximum atomic E-state index is 5.98. The van der Waals surface area contributed by atoms with Crippen LogP contribution in [0.2, 0.25) is 5.28 Å². The van der Waals surface area contributed by atoms with Crippen molar-refractivity contribution in [3.63, 3.8) is 0 Å². The predicted octanol–water partition coefficient (Wildman–Crippen LogP) is 2.65. The first-order chi connectivity index (χ1) is 7.29. The largest absolute Gasteiger partial charge is 0.394 e. The zero-order valence-corrected chi connectivity index (χ0v) is 11.3. The van der Waals surface area contributed by atoms with E-state index >= 15 is 0 Å². The van der Waals surface area contributed by atoms with Crippen LogP contribution in [-0.4, -0.2) is 22.6 Å². The second kappa shape index (κ2) is 4.45. The molecule has 4 nitrogen and oxygen atoms in total. The summed E-state index contributed by atoms with van der Waals surface area (Å²) in [5.41, 5.74) is 7.27. The summed E-state index contributed by atoms with van der Waals surface area (Å²) in [4.78, 5) is 10.3. The SMILES string of the molecule is CCC(C)(C)N(C)c1nc(Cl)nc(C)c1N. The molecule has 16 heavy (non-hydrogen) atoms. The third kappa shape index (κ3) is 2.38. The van der Waals surface area contributed by atoms with E-state index in [1.54, 1.807) is 0 Å². The molecule has 0 fully saturated rings. The van der Waals surface area contributed by atoms with Crippen LogP contribution in [0.4, 0.5) is 11.5 Å². The lowest BCUT2D eigenvalue weighted by molar-refractivity contribution is 0.467. The van der Waals surface area contributed by atoms with Gasteiger partial charge in [-0.1, -0.05) is 6.92 Å². The first-order valence-corrected chi connectivity index (χ1v) is 5.71. The number of hydrogen-bond acceptors (Lipinski definition) is 4. The van der Waals surface area contributed by atoms with E-state index < -0.39 is 0 Å². The molecule has 1 aromatic heterocycles. The topological polar surface area (TPSA) is 55.0 Å². The Labute approximate surface area is 102 Å². The van der Waals surface area contributed by atoms with Gasteiger partial charge in [-0.15, -0.1) is 0 Å². The minimum absolute atomic E-state index is 0.0156. The molecular formula is C11H19ClN4. The second-order valence-corrected chi connectivity index (χ2v) is 4.88. The Kier molecular flexibility index (Phi) is 3.63. The Balaban J connectivity index is 3.23. The number of aryl methyl sites for hydroxylation is 1. The molecule has 5 heteroatoms. The van der Waals surface area contributed by atoms with Gasteiger partial charge in [0.2, 0.25) is 5.28 Å². The van der Waals surface area contributed by atoms with Crippen LogP contribution in [0.1, 0.15) is 32.9 Å². The highest BCUT2D eigenvalue weighted by Crippen LogP contribution is 2.29. The van der Waals surface area contributed by atoms with Crippen molar-refractivity contribution in [3.8, 4) is 0 Å². The molecule has 1 rings (SSSR count). The monoisotopic (exact) mass is 242 g/mol. The number of nitrogens with zero attached hydrogens (tertiary/aromatic N) is 3. The van der Waals surface area contributed by atoms with Crippen LogP contribution in [0.25, 0.3) is 0 Å². The van der Waals surface area contributed by atoms with Crippen LogP contribution in [0.15, 0.2) is 0 Å². The predicted molar refractivity (Wildman–Crippen MR) is 69.0 cm³/mol. The molecule has 0 aliphatic rings. The van der Waals surface area contributed by atoms with Gasteiger partial charge in [0.15, 0.2) is 5.82 Å². The van der Waals surface area contributed by atoms with Crippen LogP contribution in [0.3, 0.4) is 0 Å². The lowest BCUT2D eigenvalue weighted by Gasteiger charge is -2.36. The maximum Gasteiger partial charge on any atom is 0.224 e. The van der Waals surface area contributed by atoms with Gasteiger partial charge in [-0.25, -0.2) is 4.98 Å². The van der Waals surface area contributed by atoms with Crippen LogP contribution < -0.4 is 10.6 Å². The third-order valence-corrected chi connectivity index (χ3v) is 3.35. The van der Waals surface area contributed by atoms with E-state index in [4.69, 9.17) is 17.3 Å². The van der Waals surface area contributed by atoms with Gasteiger partial charge in [0, 0.05) is 12.6 Å². The summed E-state index contributed by atoms with van der Waals surface area (Å²) in [5.74, 6) is 0.698. The molecule has 0 saturated carbocycles. The summed E-state index contributed by atoms with van der Waals surface area (Å²) in [5, 5.41) is 0.237. The summed E-state index contributed by atoms with van der Waals surface area (Å²) >= 11 is 5.86. The van der Waals surface area contributed by atoms with Gasteiger partial charge in [-0.3, -0.25) is 0 Å². The molecule has 0 saturated heterocycles. The fourth-order valence-corrected chi connectivity index (χ4v) is 1.52. The first-order valence-electron chi connectivity index (χ1n) is 5.33. The number of nitrogen functional groups attached to an aromatic ring is 1. The Morgan fingerprint density at radius 2 is 1.94 bits per heavy atom. The average Bonchev–Trinajstić information content (AvgIpc) is 2.22. The molecular weight excluding hydrogens is 224 g/mol. The minimum Gasteiger partial charge on any atom is -0.394 e. The number of anilines is 2. The second-order valence-electron chi connectivity index (χ2n) is 4.54. The van der Waals surface area contributed by atoms with Crippen molar-refractivity contribution in [1.82, 2.24) is 9.97 Å². The molecule has 0 bridgehead atoms. The van der Waals surface area contributed by atoms with Crippen LogP contribution in [-0.2, 0) is 0 Å². The normalized spacial score (nSPS) is 11.6. The highest BCUT2D eigenvalue weighted by molar-refractivity contribution is 6.28. The molecule has 1 heterocycles. The van der Waals surface area contributed by atoms with Crippen LogP contribution in [0.5, 0.6) is 0 Å². The van der Waals surface area contributed by atoms with Crippen molar-refractivity contribution in [2.45, 2.75) is 39.7 Å². The van der Waals surface area contributed by atoms with Gasteiger partial charge in [0.05, 0.1) is 11.4 Å². The summed E-state index contributed by atoms with van der Waals surface area (Å²) < 4.78 is 0. The van der Waals surface area contributed by atoms with Crippen molar-refractivity contribution in [1.29, 1.82) is 0 Å². The molecule has 0 unspecified atom stereocenters. The smallest absolute Gasteiger partial charge is 0.224 e. The molecule has 90 valence electrons. The number of aromatic nitrogens is 2. The molecule has 1 aromatic rings. The minimum atomic E-state index is -0.0156. The van der Waals surface area contributed by atoms with Crippen molar-refractivity contribution < 1.29 is 0 Å². The standard InChI is InChI=1S/C11H19ClN4/c1-6-11(3,4)16(5)9-8(13)7(2)14-10(12)15-9/h6,13H2,1-5H3. The number of rotatable bonds is 3. The van der Waals surface area contributed by atoms with E-state index in [0.717, 1.165) is 6.42 Å². The van der Waals surface area contributed by atoms with Crippen LogP contribution >= 0.6 is 11.6 Å². The van der Waals surface area contributed by atoms with Gasteiger partial charge in [0.1, 0.15) is 0 Å². The molecule has 0 amide bonds. The van der Waals surface area contributed by atoms with Gasteiger partial charge in [-0.2, -0.15) is 4.98 Å². The number of hydrogen-bond donors (Lipinski definition) is 1. The summed E-state index contributed by atoms with van der Waals surface area (Å²) in [7, 11) is 1.97. The van der Waals surface area contributed by atoms with E-state index in [0.29, 0.717) is 17.2 Å². The molecule has 0 radical (unpaired) electrons. The van der Waals surface area contributed by atoms with E-state index in [-0.39, 0.29) is 10.8 Å². The molecule has 0 aliphatic carbocycles. The quantitative estimate of drug-likeness (QED) is 0.828. The summed E-state index contributed by atoms with van der Waals surface area (Å²) in [6.45, 7) is 8.23. The van der Waals surface area contributed by atoms with Gasteiger partial charge < -0.3 is 10.6 Å². The fraction of sp³-hybridized carbons (Fsp3) is 0.636. The molecule has 0 aliphatic heterocycles. The lowest BCUT2D eigenvalue weighted by Crippen LogP contribution is -2.41. The third-order valence-electron chi connectivity index (χ3n) is 3.18. The number of halogens is 1. The van der Waals surface area contributed by atoms with Crippen molar-refractivity contribution in [2.75, 3.05) is 17.7 Å². The molecule has 0 spiro atoms. The fourth-order valence-electron chi connectivity index (χ4n) is 1.31.